The minimum atomic E-state index is -1.00. The Morgan fingerprint density at radius 3 is 2.62 bits per heavy atom. The van der Waals surface area contributed by atoms with E-state index in [0.29, 0.717) is 12.2 Å². The molecule has 2 N–H and O–H groups in total. The number of aromatic amines is 1. The summed E-state index contributed by atoms with van der Waals surface area (Å²) in [6, 6.07) is 9.66. The molecular formula is C13H16N2O. The van der Waals surface area contributed by atoms with E-state index in [1.807, 2.05) is 30.3 Å². The molecule has 0 aliphatic rings. The summed E-state index contributed by atoms with van der Waals surface area (Å²) >= 11 is 0. The lowest BCUT2D eigenvalue weighted by Gasteiger charge is -2.26. The molecule has 1 aromatic carbocycles. The summed E-state index contributed by atoms with van der Waals surface area (Å²) in [6.45, 7) is 2.05. The van der Waals surface area contributed by atoms with Gasteiger partial charge in [0.05, 0.1) is 0 Å². The van der Waals surface area contributed by atoms with Crippen LogP contribution < -0.4 is 0 Å². The maximum Gasteiger partial charge on any atom is 0.147 e. The maximum atomic E-state index is 10.7. The third kappa shape index (κ3) is 1.86. The molecule has 3 nitrogen and oxygen atoms in total. The molecule has 2 rings (SSSR count). The van der Waals surface area contributed by atoms with E-state index in [2.05, 4.69) is 16.9 Å². The van der Waals surface area contributed by atoms with Crippen molar-refractivity contribution in [1.82, 2.24) is 9.97 Å². The van der Waals surface area contributed by atoms with Gasteiger partial charge in [-0.1, -0.05) is 43.7 Å². The van der Waals surface area contributed by atoms with Gasteiger partial charge in [0, 0.05) is 12.4 Å². The van der Waals surface area contributed by atoms with Crippen LogP contribution in [0.3, 0.4) is 0 Å². The monoisotopic (exact) mass is 216 g/mol. The Kier molecular flexibility index (Phi) is 3.06. The molecule has 1 aromatic heterocycles. The standard InChI is InChI=1S/C13H16N2O/c1-2-8-13(16,12-14-9-10-15-12)11-6-4-3-5-7-11/h3-7,9-10,16H,2,8H2,1H3,(H,14,15)/t13-/m0/s1. The molecule has 0 spiro atoms. The minimum Gasteiger partial charge on any atom is -0.377 e. The zero-order valence-corrected chi connectivity index (χ0v) is 9.35. The fourth-order valence-electron chi connectivity index (χ4n) is 1.97. The Morgan fingerprint density at radius 2 is 2.06 bits per heavy atom. The number of H-pyrrole nitrogens is 1. The van der Waals surface area contributed by atoms with Crippen molar-refractivity contribution in [3.05, 3.63) is 54.1 Å². The van der Waals surface area contributed by atoms with Gasteiger partial charge in [0.15, 0.2) is 0 Å². The second-order valence-corrected chi connectivity index (χ2v) is 3.91. The second kappa shape index (κ2) is 4.49. The lowest BCUT2D eigenvalue weighted by atomic mass is 9.88. The highest BCUT2D eigenvalue weighted by Gasteiger charge is 2.32. The summed E-state index contributed by atoms with van der Waals surface area (Å²) in [5.74, 6) is 0.612. The van der Waals surface area contributed by atoms with Gasteiger partial charge in [0.25, 0.3) is 0 Å². The molecule has 0 bridgehead atoms. The van der Waals surface area contributed by atoms with Gasteiger partial charge in [0.1, 0.15) is 11.4 Å². The first kappa shape index (κ1) is 10.9. The van der Waals surface area contributed by atoms with Crippen LogP contribution in [0, 0.1) is 0 Å². The minimum absolute atomic E-state index is 0.612. The van der Waals surface area contributed by atoms with Crippen molar-refractivity contribution < 1.29 is 5.11 Å². The molecule has 0 aliphatic heterocycles. The number of hydrogen-bond acceptors (Lipinski definition) is 2. The summed E-state index contributed by atoms with van der Waals surface area (Å²) in [5.41, 5.74) is -0.119. The van der Waals surface area contributed by atoms with Crippen LogP contribution in [-0.2, 0) is 5.60 Å². The second-order valence-electron chi connectivity index (χ2n) is 3.91. The van der Waals surface area contributed by atoms with Gasteiger partial charge >= 0.3 is 0 Å². The van der Waals surface area contributed by atoms with Crippen LogP contribution in [0.25, 0.3) is 0 Å². The fourth-order valence-corrected chi connectivity index (χ4v) is 1.97. The highest BCUT2D eigenvalue weighted by Crippen LogP contribution is 2.31. The number of nitrogens with one attached hydrogen (secondary N) is 1. The largest absolute Gasteiger partial charge is 0.377 e. The van der Waals surface area contributed by atoms with E-state index in [-0.39, 0.29) is 0 Å². The van der Waals surface area contributed by atoms with Crippen LogP contribution in [0.1, 0.15) is 31.2 Å². The fraction of sp³-hybridized carbons (Fsp3) is 0.308. The molecule has 0 radical (unpaired) electrons. The van der Waals surface area contributed by atoms with Crippen LogP contribution >= 0.6 is 0 Å². The maximum absolute atomic E-state index is 10.7. The molecule has 84 valence electrons. The molecule has 0 amide bonds. The van der Waals surface area contributed by atoms with Crippen molar-refractivity contribution in [3.63, 3.8) is 0 Å². The molecule has 0 saturated heterocycles. The van der Waals surface area contributed by atoms with Crippen LogP contribution in [-0.4, -0.2) is 15.1 Å². The van der Waals surface area contributed by atoms with Gasteiger partial charge in [-0.15, -0.1) is 0 Å². The Hall–Kier alpha value is -1.61. The summed E-state index contributed by atoms with van der Waals surface area (Å²) in [6.07, 6.45) is 4.95. The molecule has 16 heavy (non-hydrogen) atoms. The summed E-state index contributed by atoms with van der Waals surface area (Å²) in [7, 11) is 0. The molecule has 1 atom stereocenters. The molecule has 1 heterocycles. The van der Waals surface area contributed by atoms with E-state index in [0.717, 1.165) is 12.0 Å². The van der Waals surface area contributed by atoms with E-state index < -0.39 is 5.60 Å². The lowest BCUT2D eigenvalue weighted by molar-refractivity contribution is 0.0616. The van der Waals surface area contributed by atoms with E-state index in [9.17, 15) is 5.11 Å². The van der Waals surface area contributed by atoms with Gasteiger partial charge in [-0.25, -0.2) is 4.98 Å². The van der Waals surface area contributed by atoms with E-state index in [1.165, 1.54) is 0 Å². The number of nitrogens with zero attached hydrogens (tertiary/aromatic N) is 1. The zero-order chi connectivity index (χ0) is 11.4. The van der Waals surface area contributed by atoms with Gasteiger partial charge in [-0.3, -0.25) is 0 Å². The molecule has 0 aliphatic carbocycles. The van der Waals surface area contributed by atoms with Crippen LogP contribution in [0.15, 0.2) is 42.7 Å². The number of aliphatic hydroxyl groups is 1. The Bertz CT molecular complexity index is 424. The first-order valence-corrected chi connectivity index (χ1v) is 5.55. The third-order valence-electron chi connectivity index (χ3n) is 2.75. The molecule has 3 heteroatoms. The van der Waals surface area contributed by atoms with Crippen molar-refractivity contribution in [2.24, 2.45) is 0 Å². The van der Waals surface area contributed by atoms with Gasteiger partial charge in [-0.2, -0.15) is 0 Å². The SMILES string of the molecule is CCC[C@](O)(c1ccccc1)c1ncc[nH]1. The van der Waals surface area contributed by atoms with Crippen molar-refractivity contribution >= 4 is 0 Å². The van der Waals surface area contributed by atoms with Gasteiger partial charge in [0.2, 0.25) is 0 Å². The Balaban J connectivity index is 2.44. The van der Waals surface area contributed by atoms with E-state index in [1.54, 1.807) is 12.4 Å². The number of hydrogen-bond donors (Lipinski definition) is 2. The number of rotatable bonds is 4. The number of imidazole rings is 1. The first-order valence-electron chi connectivity index (χ1n) is 5.55. The average molecular weight is 216 g/mol. The smallest absolute Gasteiger partial charge is 0.147 e. The van der Waals surface area contributed by atoms with E-state index >= 15 is 0 Å². The molecule has 2 aromatic rings. The third-order valence-corrected chi connectivity index (χ3v) is 2.75. The predicted molar refractivity (Wildman–Crippen MR) is 62.9 cm³/mol. The van der Waals surface area contributed by atoms with Crippen molar-refractivity contribution in [3.8, 4) is 0 Å². The molecular weight excluding hydrogens is 200 g/mol. The highest BCUT2D eigenvalue weighted by atomic mass is 16.3. The summed E-state index contributed by atoms with van der Waals surface area (Å²) < 4.78 is 0. The zero-order valence-electron chi connectivity index (χ0n) is 9.35. The van der Waals surface area contributed by atoms with Crippen molar-refractivity contribution in [2.45, 2.75) is 25.4 Å². The topological polar surface area (TPSA) is 48.9 Å². The van der Waals surface area contributed by atoms with Crippen molar-refractivity contribution in [2.75, 3.05) is 0 Å². The van der Waals surface area contributed by atoms with Gasteiger partial charge in [-0.05, 0) is 12.0 Å². The van der Waals surface area contributed by atoms with E-state index in [4.69, 9.17) is 0 Å². The number of aromatic nitrogens is 2. The molecule has 0 unspecified atom stereocenters. The molecule has 0 fully saturated rings. The summed E-state index contributed by atoms with van der Waals surface area (Å²) in [4.78, 5) is 7.18. The number of benzene rings is 1. The van der Waals surface area contributed by atoms with Crippen LogP contribution in [0.5, 0.6) is 0 Å². The Morgan fingerprint density at radius 1 is 1.31 bits per heavy atom. The van der Waals surface area contributed by atoms with Crippen LogP contribution in [0.4, 0.5) is 0 Å². The summed E-state index contributed by atoms with van der Waals surface area (Å²) in [5, 5.41) is 10.7. The first-order chi connectivity index (χ1) is 7.77. The van der Waals surface area contributed by atoms with Gasteiger partial charge < -0.3 is 10.1 Å². The highest BCUT2D eigenvalue weighted by molar-refractivity contribution is 5.28. The van der Waals surface area contributed by atoms with Crippen LogP contribution in [0.2, 0.25) is 0 Å². The normalized spacial score (nSPS) is 14.6. The van der Waals surface area contributed by atoms with Crippen molar-refractivity contribution in [1.29, 1.82) is 0 Å². The lowest BCUT2D eigenvalue weighted by Crippen LogP contribution is -2.28. The Labute approximate surface area is 95.2 Å². The average Bonchev–Trinajstić information content (AvgIpc) is 2.84. The quantitative estimate of drug-likeness (QED) is 0.824. The molecule has 0 saturated carbocycles. The predicted octanol–water partition coefficient (Wildman–Crippen LogP) is 2.45.